The summed E-state index contributed by atoms with van der Waals surface area (Å²) in [6, 6.07) is 62.0. The number of anilines is 6. The molecule has 58 heavy (non-hydrogen) atoms. The summed E-state index contributed by atoms with van der Waals surface area (Å²) in [5.41, 5.74) is 17.6. The second-order valence-electron chi connectivity index (χ2n) is 16.4. The molecule has 0 radical (unpaired) electrons. The van der Waals surface area contributed by atoms with Crippen molar-refractivity contribution in [1.29, 1.82) is 0 Å². The van der Waals surface area contributed by atoms with Crippen molar-refractivity contribution < 1.29 is 0 Å². The van der Waals surface area contributed by atoms with E-state index < -0.39 is 0 Å². The lowest BCUT2D eigenvalue weighted by atomic mass is 9.36. The molecule has 0 amide bonds. The summed E-state index contributed by atoms with van der Waals surface area (Å²) in [6.45, 7) is 8.94. The van der Waals surface area contributed by atoms with Gasteiger partial charge in [0, 0.05) is 43.2 Å². The first-order valence-electron chi connectivity index (χ1n) is 20.3. The molecule has 0 atom stereocenters. The molecule has 0 N–H and O–H groups in total. The van der Waals surface area contributed by atoms with E-state index in [0.717, 1.165) is 0 Å². The molecule has 2 aliphatic heterocycles. The molecule has 10 aromatic rings. The summed E-state index contributed by atoms with van der Waals surface area (Å²) < 4.78 is 2.74. The minimum atomic E-state index is 0.0981. The molecule has 2 aliphatic rings. The molecule has 0 saturated carbocycles. The van der Waals surface area contributed by atoms with Crippen molar-refractivity contribution >= 4 is 110 Å². The van der Waals surface area contributed by atoms with Crippen LogP contribution in [-0.4, -0.2) is 6.71 Å². The van der Waals surface area contributed by atoms with Crippen LogP contribution in [0.2, 0.25) is 0 Å². The number of fused-ring (bicyclic) bond motifs is 12. The molecular formula is C54H39BN2S. The summed E-state index contributed by atoms with van der Waals surface area (Å²) >= 11 is 1.96. The van der Waals surface area contributed by atoms with Crippen molar-refractivity contribution in [2.75, 3.05) is 9.80 Å². The van der Waals surface area contributed by atoms with E-state index in [0.29, 0.717) is 0 Å². The van der Waals surface area contributed by atoms with E-state index in [2.05, 4.69) is 201 Å². The fourth-order valence-electron chi connectivity index (χ4n) is 10.0. The van der Waals surface area contributed by atoms with Gasteiger partial charge < -0.3 is 9.80 Å². The summed E-state index contributed by atoms with van der Waals surface area (Å²) in [7, 11) is 0. The van der Waals surface area contributed by atoms with E-state index in [-0.39, 0.29) is 6.71 Å². The SMILES string of the molecule is Cc1ccc(N2c3cccc4c3B(c3cc(C)ccc3N4c3ccc(C)cc3-c3ccc4c5ccccc5c5ccccc5c4c3)c3sc4ccc(C)cc4c32)cc1. The monoisotopic (exact) mass is 758 g/mol. The van der Waals surface area contributed by atoms with Crippen LogP contribution in [-0.2, 0) is 0 Å². The molecule has 3 heterocycles. The van der Waals surface area contributed by atoms with Gasteiger partial charge in [-0.1, -0.05) is 125 Å². The van der Waals surface area contributed by atoms with Crippen LogP contribution < -0.4 is 25.5 Å². The first-order valence-corrected chi connectivity index (χ1v) is 21.1. The zero-order chi connectivity index (χ0) is 38.8. The highest BCUT2D eigenvalue weighted by Gasteiger charge is 2.45. The lowest BCUT2D eigenvalue weighted by molar-refractivity contribution is 1.25. The minimum absolute atomic E-state index is 0.0981. The maximum absolute atomic E-state index is 2.57. The van der Waals surface area contributed by atoms with E-state index in [9.17, 15) is 0 Å². The molecule has 0 unspecified atom stereocenters. The van der Waals surface area contributed by atoms with Crippen LogP contribution in [0.4, 0.5) is 34.1 Å². The Morgan fingerprint density at radius 2 is 1.00 bits per heavy atom. The van der Waals surface area contributed by atoms with Gasteiger partial charge in [-0.05, 0) is 137 Å². The molecule has 9 aromatic carbocycles. The Morgan fingerprint density at radius 3 is 1.72 bits per heavy atom. The van der Waals surface area contributed by atoms with Gasteiger partial charge in [-0.2, -0.15) is 0 Å². The second kappa shape index (κ2) is 12.4. The molecule has 274 valence electrons. The molecule has 0 bridgehead atoms. The van der Waals surface area contributed by atoms with Crippen LogP contribution >= 0.6 is 11.3 Å². The van der Waals surface area contributed by atoms with E-state index in [1.807, 2.05) is 11.3 Å². The standard InChI is InChI=1S/C54H39BN2S/c1-32-16-22-37(23-17-32)56-49-14-9-15-50-52(49)55(54-53(56)45-29-34(3)20-27-51(45)58-54)46-30-35(4)19-26-48(46)57(50)47-25-18-33(2)28-43(47)36-21-24-42-40-12-6-5-10-38(40)39-11-7-8-13-41(39)44(42)31-36/h5-31H,1-4H3. The molecule has 1 aromatic heterocycles. The van der Waals surface area contributed by atoms with Crippen molar-refractivity contribution in [3.63, 3.8) is 0 Å². The fraction of sp³-hybridized carbons (Fsp3) is 0.0741. The van der Waals surface area contributed by atoms with Crippen LogP contribution in [0.25, 0.3) is 53.5 Å². The molecule has 0 saturated heterocycles. The number of benzene rings is 9. The Kier molecular flexibility index (Phi) is 7.19. The van der Waals surface area contributed by atoms with Crippen molar-refractivity contribution in [2.45, 2.75) is 27.7 Å². The smallest absolute Gasteiger partial charge is 0.264 e. The fourth-order valence-corrected chi connectivity index (χ4v) is 11.3. The highest BCUT2D eigenvalue weighted by molar-refractivity contribution is 7.33. The number of rotatable bonds is 3. The summed E-state index contributed by atoms with van der Waals surface area (Å²) in [6.07, 6.45) is 0. The Balaban J connectivity index is 1.14. The van der Waals surface area contributed by atoms with Gasteiger partial charge in [-0.3, -0.25) is 0 Å². The summed E-state index contributed by atoms with van der Waals surface area (Å²) in [5, 5.41) is 9.08. The van der Waals surface area contributed by atoms with Crippen molar-refractivity contribution in [1.82, 2.24) is 0 Å². The molecule has 0 aliphatic carbocycles. The predicted molar refractivity (Wildman–Crippen MR) is 253 cm³/mol. The second-order valence-corrected chi connectivity index (χ2v) is 17.5. The van der Waals surface area contributed by atoms with Gasteiger partial charge in [-0.25, -0.2) is 0 Å². The number of thiophene rings is 1. The zero-order valence-electron chi connectivity index (χ0n) is 33.0. The van der Waals surface area contributed by atoms with Gasteiger partial charge in [0.25, 0.3) is 6.71 Å². The number of aryl methyl sites for hydroxylation is 4. The van der Waals surface area contributed by atoms with Gasteiger partial charge in [0.15, 0.2) is 0 Å². The number of hydrogen-bond acceptors (Lipinski definition) is 3. The average molecular weight is 759 g/mol. The lowest BCUT2D eigenvalue weighted by Gasteiger charge is -2.43. The van der Waals surface area contributed by atoms with Gasteiger partial charge >= 0.3 is 0 Å². The normalized spacial score (nSPS) is 13.1. The number of nitrogens with zero attached hydrogens (tertiary/aromatic N) is 2. The maximum atomic E-state index is 2.57. The molecular weight excluding hydrogens is 719 g/mol. The topological polar surface area (TPSA) is 6.48 Å². The van der Waals surface area contributed by atoms with Crippen molar-refractivity contribution in [3.05, 3.63) is 186 Å². The first kappa shape index (κ1) is 33.5. The van der Waals surface area contributed by atoms with E-state index in [4.69, 9.17) is 0 Å². The van der Waals surface area contributed by atoms with E-state index in [1.165, 1.54) is 126 Å². The van der Waals surface area contributed by atoms with Crippen molar-refractivity contribution in [2.24, 2.45) is 0 Å². The number of hydrogen-bond donors (Lipinski definition) is 0. The van der Waals surface area contributed by atoms with Crippen LogP contribution in [0.1, 0.15) is 22.3 Å². The van der Waals surface area contributed by atoms with Crippen LogP contribution in [0.15, 0.2) is 164 Å². The Labute approximate surface area is 343 Å². The first-order chi connectivity index (χ1) is 28.4. The molecule has 0 fully saturated rings. The Morgan fingerprint density at radius 1 is 0.414 bits per heavy atom. The van der Waals surface area contributed by atoms with E-state index >= 15 is 0 Å². The lowest BCUT2D eigenvalue weighted by Crippen LogP contribution is -2.60. The third kappa shape index (κ3) is 4.79. The maximum Gasteiger partial charge on any atom is 0.264 e. The largest absolute Gasteiger partial charge is 0.311 e. The van der Waals surface area contributed by atoms with E-state index in [1.54, 1.807) is 0 Å². The third-order valence-corrected chi connectivity index (χ3v) is 13.9. The van der Waals surface area contributed by atoms with Gasteiger partial charge in [0.2, 0.25) is 0 Å². The molecule has 12 rings (SSSR count). The van der Waals surface area contributed by atoms with Gasteiger partial charge in [0.1, 0.15) is 0 Å². The Bertz CT molecular complexity index is 3320. The molecule has 2 nitrogen and oxygen atoms in total. The van der Waals surface area contributed by atoms with Gasteiger partial charge in [0.05, 0.1) is 11.4 Å². The van der Waals surface area contributed by atoms with Crippen molar-refractivity contribution in [3.8, 4) is 11.1 Å². The minimum Gasteiger partial charge on any atom is -0.311 e. The predicted octanol–water partition coefficient (Wildman–Crippen LogP) is 13.3. The Hall–Kier alpha value is -6.62. The zero-order valence-corrected chi connectivity index (χ0v) is 33.8. The highest BCUT2D eigenvalue weighted by Crippen LogP contribution is 2.49. The average Bonchev–Trinajstić information content (AvgIpc) is 3.62. The molecule has 0 spiro atoms. The highest BCUT2D eigenvalue weighted by atomic mass is 32.1. The quantitative estimate of drug-likeness (QED) is 0.131. The summed E-state index contributed by atoms with van der Waals surface area (Å²) in [5.74, 6) is 0. The summed E-state index contributed by atoms with van der Waals surface area (Å²) in [4.78, 5) is 5.12. The van der Waals surface area contributed by atoms with Crippen LogP contribution in [0.3, 0.4) is 0 Å². The van der Waals surface area contributed by atoms with Gasteiger partial charge in [-0.15, -0.1) is 11.3 Å². The van der Waals surface area contributed by atoms with Crippen LogP contribution in [0, 0.1) is 27.7 Å². The van der Waals surface area contributed by atoms with Crippen LogP contribution in [0.5, 0.6) is 0 Å². The molecule has 4 heteroatoms. The third-order valence-electron chi connectivity index (χ3n) is 12.6.